The van der Waals surface area contributed by atoms with Crippen molar-refractivity contribution in [1.82, 2.24) is 15.2 Å². The number of nitrogens with zero attached hydrogens (tertiary/aromatic N) is 4. The topological polar surface area (TPSA) is 96.7 Å². The van der Waals surface area contributed by atoms with Crippen LogP contribution in [0.3, 0.4) is 0 Å². The van der Waals surface area contributed by atoms with Gasteiger partial charge < -0.3 is 0 Å². The van der Waals surface area contributed by atoms with Crippen LogP contribution >= 0.6 is 11.6 Å². The van der Waals surface area contributed by atoms with E-state index in [0.29, 0.717) is 33.2 Å². The fourth-order valence-corrected chi connectivity index (χ4v) is 4.96. The molecule has 154 valence electrons. The summed E-state index contributed by atoms with van der Waals surface area (Å²) in [7, 11) is -2.19. The first-order valence-corrected chi connectivity index (χ1v) is 10.8. The van der Waals surface area contributed by atoms with Gasteiger partial charge in [-0.2, -0.15) is 10.2 Å². The number of aromatic nitrogens is 2. The van der Waals surface area contributed by atoms with Crippen LogP contribution in [0.1, 0.15) is 11.3 Å². The van der Waals surface area contributed by atoms with E-state index in [1.807, 2.05) is 6.07 Å². The third kappa shape index (κ3) is 3.35. The van der Waals surface area contributed by atoms with E-state index in [-0.39, 0.29) is 11.4 Å². The van der Waals surface area contributed by atoms with Crippen molar-refractivity contribution < 1.29 is 13.2 Å². The van der Waals surface area contributed by atoms with Crippen molar-refractivity contribution in [2.24, 2.45) is 5.10 Å². The number of amides is 1. The van der Waals surface area contributed by atoms with E-state index in [2.05, 4.69) is 15.6 Å². The van der Waals surface area contributed by atoms with E-state index in [9.17, 15) is 13.2 Å². The van der Waals surface area contributed by atoms with Crippen molar-refractivity contribution in [3.63, 3.8) is 0 Å². The van der Waals surface area contributed by atoms with Crippen LogP contribution in [0.4, 0.5) is 5.69 Å². The van der Waals surface area contributed by atoms with Gasteiger partial charge in [0.15, 0.2) is 0 Å². The summed E-state index contributed by atoms with van der Waals surface area (Å²) in [6, 6.07) is 13.8. The quantitative estimate of drug-likeness (QED) is 0.495. The number of carbonyl (C=O) groups is 1. The second kappa shape index (κ2) is 7.58. The maximum atomic E-state index is 12.8. The standard InChI is InChI=1S/C20H18ClN5O3S/c1-13-20-19(15-8-4-6-10-17(15)30(28,29)25(20)2)24-26(13)12-18(27)23-22-11-14-7-3-5-9-16(14)21/h3-11H,12H2,1-2H3,(H,23,27)/b22-11+. The van der Waals surface area contributed by atoms with Crippen LogP contribution in [0.25, 0.3) is 11.3 Å². The number of hydrogen-bond acceptors (Lipinski definition) is 5. The van der Waals surface area contributed by atoms with E-state index in [4.69, 9.17) is 11.6 Å². The average Bonchev–Trinajstić information content (AvgIpc) is 3.04. The zero-order chi connectivity index (χ0) is 21.5. The molecule has 1 N–H and O–H groups in total. The maximum absolute atomic E-state index is 12.8. The third-order valence-electron chi connectivity index (χ3n) is 4.86. The lowest BCUT2D eigenvalue weighted by atomic mass is 10.1. The molecule has 2 heterocycles. The van der Waals surface area contributed by atoms with Crippen molar-refractivity contribution in [1.29, 1.82) is 0 Å². The van der Waals surface area contributed by atoms with Crippen LogP contribution in [0.15, 0.2) is 58.5 Å². The SMILES string of the molecule is Cc1c2c(nn1CC(=O)N/N=C/c1ccccc1Cl)-c1ccccc1S(=O)(=O)N2C. The first-order chi connectivity index (χ1) is 14.3. The predicted octanol–water partition coefficient (Wildman–Crippen LogP) is 2.80. The van der Waals surface area contributed by atoms with Gasteiger partial charge in [-0.3, -0.25) is 13.8 Å². The molecule has 0 saturated heterocycles. The monoisotopic (exact) mass is 443 g/mol. The number of hydrogen-bond donors (Lipinski definition) is 1. The highest BCUT2D eigenvalue weighted by Gasteiger charge is 2.36. The fraction of sp³-hybridized carbons (Fsp3) is 0.150. The van der Waals surface area contributed by atoms with Gasteiger partial charge in [-0.15, -0.1) is 0 Å². The van der Waals surface area contributed by atoms with E-state index in [0.717, 1.165) is 0 Å². The highest BCUT2D eigenvalue weighted by Crippen LogP contribution is 2.43. The Hall–Kier alpha value is -3.17. The number of rotatable bonds is 4. The Morgan fingerprint density at radius 3 is 2.67 bits per heavy atom. The van der Waals surface area contributed by atoms with Gasteiger partial charge in [0.1, 0.15) is 17.9 Å². The van der Waals surface area contributed by atoms with Crippen LogP contribution in [-0.4, -0.2) is 37.4 Å². The number of carbonyl (C=O) groups excluding carboxylic acids is 1. The number of hydrazone groups is 1. The molecule has 0 unspecified atom stereocenters. The van der Waals surface area contributed by atoms with E-state index in [1.165, 1.54) is 22.2 Å². The average molecular weight is 444 g/mol. The summed E-state index contributed by atoms with van der Waals surface area (Å²) in [5.41, 5.74) is 5.18. The molecule has 1 amide bonds. The van der Waals surface area contributed by atoms with Gasteiger partial charge in [0, 0.05) is 23.2 Å². The minimum absolute atomic E-state index is 0.116. The largest absolute Gasteiger partial charge is 0.271 e. The van der Waals surface area contributed by atoms with Crippen LogP contribution in [0.5, 0.6) is 0 Å². The van der Waals surface area contributed by atoms with Crippen LogP contribution in [0, 0.1) is 6.92 Å². The predicted molar refractivity (Wildman–Crippen MR) is 115 cm³/mol. The fourth-order valence-electron chi connectivity index (χ4n) is 3.33. The molecule has 3 aromatic rings. The lowest BCUT2D eigenvalue weighted by Crippen LogP contribution is -2.30. The zero-order valence-electron chi connectivity index (χ0n) is 16.2. The van der Waals surface area contributed by atoms with Gasteiger partial charge in [-0.05, 0) is 19.1 Å². The van der Waals surface area contributed by atoms with E-state index < -0.39 is 15.9 Å². The Kier molecular flexibility index (Phi) is 5.08. The molecule has 30 heavy (non-hydrogen) atoms. The highest BCUT2D eigenvalue weighted by atomic mass is 35.5. The summed E-state index contributed by atoms with van der Waals surface area (Å²) in [6.07, 6.45) is 1.46. The molecule has 0 fully saturated rings. The third-order valence-corrected chi connectivity index (χ3v) is 7.02. The molecule has 0 saturated carbocycles. The second-order valence-electron chi connectivity index (χ2n) is 6.72. The summed E-state index contributed by atoms with van der Waals surface area (Å²) in [5.74, 6) is -0.403. The van der Waals surface area contributed by atoms with E-state index >= 15 is 0 Å². The second-order valence-corrected chi connectivity index (χ2v) is 9.07. The summed E-state index contributed by atoms with van der Waals surface area (Å²) >= 11 is 6.05. The number of halogens is 1. The zero-order valence-corrected chi connectivity index (χ0v) is 17.8. The van der Waals surface area contributed by atoms with Gasteiger partial charge in [-0.25, -0.2) is 13.8 Å². The van der Waals surface area contributed by atoms with Crippen molar-refractivity contribution in [2.45, 2.75) is 18.4 Å². The number of fused-ring (bicyclic) bond motifs is 3. The van der Waals surface area contributed by atoms with Crippen LogP contribution < -0.4 is 9.73 Å². The van der Waals surface area contributed by atoms with Crippen molar-refractivity contribution in [3.05, 3.63) is 64.8 Å². The molecular weight excluding hydrogens is 426 g/mol. The lowest BCUT2D eigenvalue weighted by molar-refractivity contribution is -0.121. The molecule has 0 radical (unpaired) electrons. The summed E-state index contributed by atoms with van der Waals surface area (Å²) in [5, 5.41) is 8.95. The number of sulfonamides is 1. The Morgan fingerprint density at radius 1 is 1.20 bits per heavy atom. The molecule has 0 atom stereocenters. The Labute approximate surface area is 178 Å². The maximum Gasteiger partial charge on any atom is 0.264 e. The minimum Gasteiger partial charge on any atom is -0.271 e. The summed E-state index contributed by atoms with van der Waals surface area (Å²) in [4.78, 5) is 12.5. The molecule has 8 nitrogen and oxygen atoms in total. The number of nitrogens with one attached hydrogen (secondary N) is 1. The lowest BCUT2D eigenvalue weighted by Gasteiger charge is -2.26. The molecule has 0 aliphatic carbocycles. The van der Waals surface area contributed by atoms with Crippen LogP contribution in [0.2, 0.25) is 5.02 Å². The normalized spacial score (nSPS) is 14.4. The van der Waals surface area contributed by atoms with Gasteiger partial charge in [0.2, 0.25) is 0 Å². The molecule has 10 heteroatoms. The van der Waals surface area contributed by atoms with Crippen molar-refractivity contribution in [3.8, 4) is 11.3 Å². The van der Waals surface area contributed by atoms with Crippen molar-refractivity contribution in [2.75, 3.05) is 11.4 Å². The van der Waals surface area contributed by atoms with E-state index in [1.54, 1.807) is 49.4 Å². The van der Waals surface area contributed by atoms with Gasteiger partial charge in [-0.1, -0.05) is 48.0 Å². The Bertz CT molecular complexity index is 1280. The molecule has 1 aliphatic heterocycles. The van der Waals surface area contributed by atoms with Crippen LogP contribution in [-0.2, 0) is 21.4 Å². The Morgan fingerprint density at radius 2 is 1.90 bits per heavy atom. The molecule has 0 bridgehead atoms. The molecule has 1 aliphatic rings. The molecule has 4 rings (SSSR count). The number of anilines is 1. The minimum atomic E-state index is -3.68. The summed E-state index contributed by atoms with van der Waals surface area (Å²) in [6.45, 7) is 1.61. The molecule has 1 aromatic heterocycles. The van der Waals surface area contributed by atoms with Gasteiger partial charge >= 0.3 is 0 Å². The first-order valence-electron chi connectivity index (χ1n) is 9.03. The molecule has 2 aromatic carbocycles. The number of benzene rings is 2. The van der Waals surface area contributed by atoms with Gasteiger partial charge in [0.05, 0.1) is 16.8 Å². The van der Waals surface area contributed by atoms with Crippen molar-refractivity contribution >= 4 is 39.4 Å². The first kappa shape index (κ1) is 20.1. The highest BCUT2D eigenvalue weighted by molar-refractivity contribution is 7.93. The molecule has 0 spiro atoms. The van der Waals surface area contributed by atoms with Gasteiger partial charge in [0.25, 0.3) is 15.9 Å². The Balaban J connectivity index is 1.59. The summed E-state index contributed by atoms with van der Waals surface area (Å²) < 4.78 is 28.3. The smallest absolute Gasteiger partial charge is 0.264 e. The molecular formula is C20H18ClN5O3S.